The Kier molecular flexibility index (Phi) is 3.65. The van der Waals surface area contributed by atoms with Crippen LogP contribution in [0.1, 0.15) is 48.9 Å². The van der Waals surface area contributed by atoms with Crippen molar-refractivity contribution in [1.29, 1.82) is 0 Å². The van der Waals surface area contributed by atoms with Gasteiger partial charge in [-0.25, -0.2) is 0 Å². The first-order valence-corrected chi connectivity index (χ1v) is 6.52. The molecule has 1 nitrogen and oxygen atoms in total. The van der Waals surface area contributed by atoms with Gasteiger partial charge in [0.1, 0.15) is 0 Å². The molecule has 2 rings (SSSR count). The highest BCUT2D eigenvalue weighted by Crippen LogP contribution is 2.38. The van der Waals surface area contributed by atoms with Gasteiger partial charge >= 0.3 is 0 Å². The van der Waals surface area contributed by atoms with Crippen LogP contribution in [0.15, 0.2) is 18.2 Å². The summed E-state index contributed by atoms with van der Waals surface area (Å²) in [6.45, 7) is 7.66. The summed E-state index contributed by atoms with van der Waals surface area (Å²) in [4.78, 5) is 0. The Balaban J connectivity index is 2.22. The van der Waals surface area contributed by atoms with Crippen molar-refractivity contribution in [2.24, 2.45) is 5.92 Å². The summed E-state index contributed by atoms with van der Waals surface area (Å²) in [5.74, 6) is 0.862. The van der Waals surface area contributed by atoms with E-state index in [1.54, 1.807) is 0 Å². The van der Waals surface area contributed by atoms with E-state index in [2.05, 4.69) is 44.3 Å². The van der Waals surface area contributed by atoms with E-state index in [1.165, 1.54) is 36.0 Å². The molecule has 1 saturated carbocycles. The van der Waals surface area contributed by atoms with Crippen LogP contribution >= 0.6 is 0 Å². The molecule has 1 atom stereocenters. The summed E-state index contributed by atoms with van der Waals surface area (Å²) >= 11 is 0. The van der Waals surface area contributed by atoms with Gasteiger partial charge in [0.15, 0.2) is 0 Å². The summed E-state index contributed by atoms with van der Waals surface area (Å²) < 4.78 is 0. The number of rotatable bonds is 4. The third-order valence-electron chi connectivity index (χ3n) is 3.65. The maximum absolute atomic E-state index is 3.66. The molecule has 0 aromatic heterocycles. The molecule has 0 saturated heterocycles. The average Bonchev–Trinajstić information content (AvgIpc) is 2.12. The number of benzene rings is 1. The van der Waals surface area contributed by atoms with E-state index in [4.69, 9.17) is 0 Å². The summed E-state index contributed by atoms with van der Waals surface area (Å²) in [5, 5.41) is 3.66. The topological polar surface area (TPSA) is 12.0 Å². The van der Waals surface area contributed by atoms with Crippen LogP contribution in [-0.2, 0) is 0 Å². The van der Waals surface area contributed by atoms with E-state index in [0.717, 1.165) is 12.5 Å². The molecule has 1 unspecified atom stereocenters. The van der Waals surface area contributed by atoms with Crippen LogP contribution in [0.5, 0.6) is 0 Å². The standard InChI is InChI=1S/C15H23N/c1-4-16-15(13-6-5-7-13)14-9-11(2)8-12(3)10-14/h8-10,13,15-16H,4-7H2,1-3H3. The van der Waals surface area contributed by atoms with Gasteiger partial charge in [0.2, 0.25) is 0 Å². The lowest BCUT2D eigenvalue weighted by atomic mass is 9.76. The van der Waals surface area contributed by atoms with Gasteiger partial charge in [0, 0.05) is 6.04 Å². The molecular formula is C15H23N. The zero-order valence-electron chi connectivity index (χ0n) is 10.7. The third-order valence-corrected chi connectivity index (χ3v) is 3.65. The van der Waals surface area contributed by atoms with Crippen molar-refractivity contribution < 1.29 is 0 Å². The van der Waals surface area contributed by atoms with Gasteiger partial charge in [0.05, 0.1) is 0 Å². The molecule has 1 aromatic carbocycles. The lowest BCUT2D eigenvalue weighted by Crippen LogP contribution is -2.32. The monoisotopic (exact) mass is 217 g/mol. The van der Waals surface area contributed by atoms with Crippen molar-refractivity contribution in [2.45, 2.75) is 46.1 Å². The Bertz CT molecular complexity index is 332. The first-order valence-electron chi connectivity index (χ1n) is 6.52. The van der Waals surface area contributed by atoms with E-state index < -0.39 is 0 Å². The molecule has 16 heavy (non-hydrogen) atoms. The Labute approximate surface area is 99.3 Å². The van der Waals surface area contributed by atoms with Gasteiger partial charge in [-0.05, 0) is 44.7 Å². The second-order valence-corrected chi connectivity index (χ2v) is 5.15. The van der Waals surface area contributed by atoms with Crippen molar-refractivity contribution in [2.75, 3.05) is 6.54 Å². The molecular weight excluding hydrogens is 194 g/mol. The fourth-order valence-corrected chi connectivity index (χ4v) is 2.74. The zero-order valence-corrected chi connectivity index (χ0v) is 10.7. The summed E-state index contributed by atoms with van der Waals surface area (Å²) in [6, 6.07) is 7.53. The van der Waals surface area contributed by atoms with Crippen molar-refractivity contribution in [3.8, 4) is 0 Å². The minimum absolute atomic E-state index is 0.581. The first-order chi connectivity index (χ1) is 7.70. The van der Waals surface area contributed by atoms with Gasteiger partial charge < -0.3 is 5.32 Å². The van der Waals surface area contributed by atoms with Crippen LogP contribution < -0.4 is 5.32 Å². The Morgan fingerprint density at radius 3 is 2.25 bits per heavy atom. The predicted octanol–water partition coefficient (Wildman–Crippen LogP) is 3.75. The molecule has 88 valence electrons. The van der Waals surface area contributed by atoms with Gasteiger partial charge in [0.25, 0.3) is 0 Å². The van der Waals surface area contributed by atoms with Crippen LogP contribution in [0.2, 0.25) is 0 Å². The Hall–Kier alpha value is -0.820. The number of nitrogens with one attached hydrogen (secondary N) is 1. The third kappa shape index (κ3) is 2.46. The molecule has 1 heteroatoms. The predicted molar refractivity (Wildman–Crippen MR) is 69.7 cm³/mol. The zero-order chi connectivity index (χ0) is 11.5. The fraction of sp³-hybridized carbons (Fsp3) is 0.600. The maximum atomic E-state index is 3.66. The molecule has 0 amide bonds. The maximum Gasteiger partial charge on any atom is 0.0348 e. The lowest BCUT2D eigenvalue weighted by molar-refractivity contribution is 0.233. The SMILES string of the molecule is CCNC(c1cc(C)cc(C)c1)C1CCC1. The molecule has 1 N–H and O–H groups in total. The minimum Gasteiger partial charge on any atom is -0.310 e. The largest absolute Gasteiger partial charge is 0.310 e. The molecule has 0 radical (unpaired) electrons. The molecule has 0 bridgehead atoms. The highest BCUT2D eigenvalue weighted by atomic mass is 14.9. The van der Waals surface area contributed by atoms with E-state index in [-0.39, 0.29) is 0 Å². The smallest absolute Gasteiger partial charge is 0.0348 e. The van der Waals surface area contributed by atoms with Gasteiger partial charge in [-0.1, -0.05) is 42.7 Å². The highest BCUT2D eigenvalue weighted by Gasteiger charge is 2.27. The van der Waals surface area contributed by atoms with Crippen molar-refractivity contribution in [1.82, 2.24) is 5.32 Å². The second-order valence-electron chi connectivity index (χ2n) is 5.15. The normalized spacial score (nSPS) is 18.2. The first kappa shape index (κ1) is 11.7. The molecule has 0 aliphatic heterocycles. The van der Waals surface area contributed by atoms with E-state index >= 15 is 0 Å². The molecule has 1 aromatic rings. The Morgan fingerprint density at radius 1 is 1.19 bits per heavy atom. The van der Waals surface area contributed by atoms with Crippen molar-refractivity contribution >= 4 is 0 Å². The number of hydrogen-bond donors (Lipinski definition) is 1. The van der Waals surface area contributed by atoms with Gasteiger partial charge in [-0.15, -0.1) is 0 Å². The van der Waals surface area contributed by atoms with E-state index in [0.29, 0.717) is 6.04 Å². The van der Waals surface area contributed by atoms with Crippen LogP contribution in [0.3, 0.4) is 0 Å². The quantitative estimate of drug-likeness (QED) is 0.810. The fourth-order valence-electron chi connectivity index (χ4n) is 2.74. The number of hydrogen-bond acceptors (Lipinski definition) is 1. The summed E-state index contributed by atoms with van der Waals surface area (Å²) in [5.41, 5.74) is 4.26. The Morgan fingerprint density at radius 2 is 1.81 bits per heavy atom. The summed E-state index contributed by atoms with van der Waals surface area (Å²) in [7, 11) is 0. The van der Waals surface area contributed by atoms with Crippen molar-refractivity contribution in [3.63, 3.8) is 0 Å². The molecule has 1 aliphatic carbocycles. The lowest BCUT2D eigenvalue weighted by Gasteiger charge is -2.35. The molecule has 0 heterocycles. The minimum atomic E-state index is 0.581. The van der Waals surface area contributed by atoms with E-state index in [9.17, 15) is 0 Å². The summed E-state index contributed by atoms with van der Waals surface area (Å²) in [6.07, 6.45) is 4.20. The van der Waals surface area contributed by atoms with Gasteiger partial charge in [-0.2, -0.15) is 0 Å². The van der Waals surface area contributed by atoms with Crippen LogP contribution in [0.25, 0.3) is 0 Å². The molecule has 0 spiro atoms. The number of aryl methyl sites for hydroxylation is 2. The average molecular weight is 217 g/mol. The molecule has 1 fully saturated rings. The van der Waals surface area contributed by atoms with Crippen LogP contribution in [0.4, 0.5) is 0 Å². The van der Waals surface area contributed by atoms with E-state index in [1.807, 2.05) is 0 Å². The van der Waals surface area contributed by atoms with Crippen LogP contribution in [-0.4, -0.2) is 6.54 Å². The van der Waals surface area contributed by atoms with Crippen molar-refractivity contribution in [3.05, 3.63) is 34.9 Å². The van der Waals surface area contributed by atoms with Crippen LogP contribution in [0, 0.1) is 19.8 Å². The van der Waals surface area contributed by atoms with Gasteiger partial charge in [-0.3, -0.25) is 0 Å². The highest BCUT2D eigenvalue weighted by molar-refractivity contribution is 5.31. The second kappa shape index (κ2) is 5.01. The molecule has 1 aliphatic rings.